The third-order valence-corrected chi connectivity index (χ3v) is 3.03. The van der Waals surface area contributed by atoms with Crippen LogP contribution in [-0.2, 0) is 9.53 Å². The molecule has 0 saturated heterocycles. The molecule has 0 aromatic carbocycles. The quantitative estimate of drug-likeness (QED) is 0.588. The van der Waals surface area contributed by atoms with Crippen molar-refractivity contribution >= 4 is 21.8 Å². The van der Waals surface area contributed by atoms with E-state index in [4.69, 9.17) is 4.74 Å². The summed E-state index contributed by atoms with van der Waals surface area (Å²) in [5.41, 5.74) is 1.01. The van der Waals surface area contributed by atoms with Gasteiger partial charge in [0.25, 0.3) is 0 Å². The Morgan fingerprint density at radius 2 is 2.42 bits per heavy atom. The Bertz CT molecular complexity index is 262. The Morgan fingerprint density at radius 1 is 1.67 bits per heavy atom. The second-order valence-electron chi connectivity index (χ2n) is 3.03. The Morgan fingerprint density at radius 3 is 3.08 bits per heavy atom. The zero-order valence-electron chi connectivity index (χ0n) is 6.84. The van der Waals surface area contributed by atoms with Gasteiger partial charge in [0.2, 0.25) is 5.91 Å². The number of nitrogens with zero attached hydrogens (tertiary/aromatic N) is 1. The minimum absolute atomic E-state index is 0.143. The van der Waals surface area contributed by atoms with Crippen molar-refractivity contribution in [3.63, 3.8) is 0 Å². The van der Waals surface area contributed by atoms with Gasteiger partial charge in [0, 0.05) is 13.5 Å². The van der Waals surface area contributed by atoms with E-state index in [1.165, 1.54) is 0 Å². The van der Waals surface area contributed by atoms with Crippen LogP contribution in [0.3, 0.4) is 0 Å². The third-order valence-electron chi connectivity index (χ3n) is 2.27. The van der Waals surface area contributed by atoms with E-state index in [0.717, 1.165) is 17.9 Å². The Labute approximate surface area is 79.5 Å². The number of hydrogen-bond acceptors (Lipinski definition) is 2. The third kappa shape index (κ3) is 1.05. The molecule has 1 atom stereocenters. The summed E-state index contributed by atoms with van der Waals surface area (Å²) in [5.74, 6) is 1.12. The minimum Gasteiger partial charge on any atom is -0.495 e. The zero-order chi connectivity index (χ0) is 8.72. The maximum Gasteiger partial charge on any atom is 0.230 e. The molecule has 3 nitrogen and oxygen atoms in total. The Kier molecular flexibility index (Phi) is 1.87. The summed E-state index contributed by atoms with van der Waals surface area (Å²) in [5, 5.41) is 0. The second kappa shape index (κ2) is 2.76. The van der Waals surface area contributed by atoms with E-state index in [-0.39, 0.29) is 5.91 Å². The largest absolute Gasteiger partial charge is 0.495 e. The fraction of sp³-hybridized carbons (Fsp3) is 0.625. The summed E-state index contributed by atoms with van der Waals surface area (Å²) in [6.07, 6.45) is 1.40. The molecular weight excluding hydrogens is 222 g/mol. The summed E-state index contributed by atoms with van der Waals surface area (Å²) < 4.78 is 5.40. The number of carbonyl (C=O) groups excluding carboxylic acids is 1. The van der Waals surface area contributed by atoms with Crippen LogP contribution in [0.2, 0.25) is 0 Å². The molecule has 2 rings (SSSR count). The number of halogens is 1. The minimum atomic E-state index is 0.143. The molecule has 4 heteroatoms. The van der Waals surface area contributed by atoms with Crippen LogP contribution in [0.1, 0.15) is 12.8 Å². The lowest BCUT2D eigenvalue weighted by atomic mass is 10.0. The van der Waals surface area contributed by atoms with Gasteiger partial charge in [0.1, 0.15) is 5.76 Å². The number of carbonyl (C=O) groups is 1. The average Bonchev–Trinajstić information content (AvgIpc) is 2.10. The van der Waals surface area contributed by atoms with Crippen molar-refractivity contribution in [2.75, 3.05) is 13.7 Å². The first-order chi connectivity index (χ1) is 5.70. The van der Waals surface area contributed by atoms with Crippen molar-refractivity contribution in [1.29, 1.82) is 0 Å². The highest BCUT2D eigenvalue weighted by molar-refractivity contribution is 9.09. The van der Waals surface area contributed by atoms with Gasteiger partial charge in [-0.1, -0.05) is 15.9 Å². The predicted molar refractivity (Wildman–Crippen MR) is 47.7 cm³/mol. The fourth-order valence-electron chi connectivity index (χ4n) is 1.50. The van der Waals surface area contributed by atoms with Crippen molar-refractivity contribution in [1.82, 2.24) is 4.90 Å². The van der Waals surface area contributed by atoms with E-state index >= 15 is 0 Å². The number of ether oxygens (including phenoxy) is 1. The lowest BCUT2D eigenvalue weighted by molar-refractivity contribution is -0.128. The van der Waals surface area contributed by atoms with Gasteiger partial charge < -0.3 is 9.64 Å². The van der Waals surface area contributed by atoms with E-state index < -0.39 is 0 Å². The molecule has 1 aliphatic carbocycles. The van der Waals surface area contributed by atoms with Gasteiger partial charge in [-0.25, -0.2) is 0 Å². The molecule has 0 N–H and O–H groups in total. The summed E-state index contributed by atoms with van der Waals surface area (Å²) in [4.78, 5) is 13.3. The van der Waals surface area contributed by atoms with Crippen LogP contribution in [0.4, 0.5) is 0 Å². The van der Waals surface area contributed by atoms with Crippen LogP contribution in [0.5, 0.6) is 0 Å². The molecule has 0 aromatic rings. The molecule has 1 aliphatic heterocycles. The Balaban J connectivity index is 2.28. The van der Waals surface area contributed by atoms with Gasteiger partial charge in [0.05, 0.1) is 23.6 Å². The summed E-state index contributed by atoms with van der Waals surface area (Å²) in [6, 6.07) is 0. The molecule has 0 bridgehead atoms. The van der Waals surface area contributed by atoms with E-state index in [1.807, 2.05) is 0 Å². The molecule has 0 radical (unpaired) electrons. The zero-order valence-corrected chi connectivity index (χ0v) is 8.43. The maximum absolute atomic E-state index is 11.3. The monoisotopic (exact) mass is 231 g/mol. The van der Waals surface area contributed by atoms with E-state index in [0.29, 0.717) is 17.9 Å². The second-order valence-corrected chi connectivity index (χ2v) is 4.14. The predicted octanol–water partition coefficient (Wildman–Crippen LogP) is 1.24. The first-order valence-electron chi connectivity index (χ1n) is 3.96. The molecule has 0 unspecified atom stereocenters. The lowest BCUT2D eigenvalue weighted by Gasteiger charge is -2.32. The number of hydrogen-bond donors (Lipinski definition) is 0. The topological polar surface area (TPSA) is 29.5 Å². The van der Waals surface area contributed by atoms with Crippen molar-refractivity contribution < 1.29 is 9.53 Å². The van der Waals surface area contributed by atoms with E-state index in [1.54, 1.807) is 11.9 Å². The van der Waals surface area contributed by atoms with Gasteiger partial charge in [-0.05, 0) is 0 Å². The van der Waals surface area contributed by atoms with Crippen LogP contribution in [0.25, 0.3) is 0 Å². The summed E-state index contributed by atoms with van der Waals surface area (Å²) in [6.45, 7) is 0.529. The van der Waals surface area contributed by atoms with Crippen LogP contribution >= 0.6 is 15.9 Å². The maximum atomic E-state index is 11.3. The molecule has 0 spiro atoms. The van der Waals surface area contributed by atoms with Crippen LogP contribution in [0, 0.1) is 0 Å². The highest BCUT2D eigenvalue weighted by atomic mass is 79.9. The molecule has 1 heterocycles. The summed E-state index contributed by atoms with van der Waals surface area (Å²) in [7, 11) is 1.81. The van der Waals surface area contributed by atoms with Gasteiger partial charge in [-0.15, -0.1) is 0 Å². The van der Waals surface area contributed by atoms with E-state index in [9.17, 15) is 4.79 Å². The van der Waals surface area contributed by atoms with E-state index in [2.05, 4.69) is 15.9 Å². The molecule has 0 aromatic heterocycles. The van der Waals surface area contributed by atoms with Crippen LogP contribution in [0.15, 0.2) is 11.5 Å². The molecule has 0 fully saturated rings. The van der Waals surface area contributed by atoms with Gasteiger partial charge in [0.15, 0.2) is 0 Å². The van der Waals surface area contributed by atoms with Crippen molar-refractivity contribution in [3.05, 3.63) is 11.5 Å². The Hall–Kier alpha value is -0.510. The van der Waals surface area contributed by atoms with Crippen LogP contribution < -0.4 is 0 Å². The molecule has 2 aliphatic rings. The molecular formula is C8H10BrNO2. The molecule has 66 valence electrons. The normalized spacial score (nSPS) is 29.0. The lowest BCUT2D eigenvalue weighted by Crippen LogP contribution is -2.34. The van der Waals surface area contributed by atoms with Gasteiger partial charge in [-0.3, -0.25) is 4.79 Å². The first-order valence-corrected chi connectivity index (χ1v) is 4.88. The molecule has 0 saturated carbocycles. The molecule has 12 heavy (non-hydrogen) atoms. The van der Waals surface area contributed by atoms with Gasteiger partial charge >= 0.3 is 0 Å². The summed E-state index contributed by atoms with van der Waals surface area (Å²) >= 11 is 3.47. The number of amides is 1. The SMILES string of the molecule is CN1C(=O)CCOC2=C1[C@H](Br)C2. The highest BCUT2D eigenvalue weighted by Gasteiger charge is 2.35. The smallest absolute Gasteiger partial charge is 0.230 e. The number of rotatable bonds is 0. The van der Waals surface area contributed by atoms with Crippen molar-refractivity contribution in [3.8, 4) is 0 Å². The van der Waals surface area contributed by atoms with Crippen molar-refractivity contribution in [2.24, 2.45) is 0 Å². The molecule has 1 amide bonds. The van der Waals surface area contributed by atoms with Crippen molar-refractivity contribution in [2.45, 2.75) is 17.7 Å². The van der Waals surface area contributed by atoms with Crippen LogP contribution in [-0.4, -0.2) is 29.3 Å². The number of allylic oxidation sites excluding steroid dienone is 2. The average molecular weight is 232 g/mol. The fourth-order valence-corrected chi connectivity index (χ4v) is 2.36. The first kappa shape index (κ1) is 8.10. The number of alkyl halides is 1. The van der Waals surface area contributed by atoms with Gasteiger partial charge in [-0.2, -0.15) is 0 Å². The highest BCUT2D eigenvalue weighted by Crippen LogP contribution is 2.38. The standard InChI is InChI=1S/C8H10BrNO2/c1-10-7(11)2-3-12-6-4-5(9)8(6)10/h5H,2-4H2,1H3/t5-/m1/s1.